The van der Waals surface area contributed by atoms with E-state index in [0.29, 0.717) is 0 Å². The lowest BCUT2D eigenvalue weighted by molar-refractivity contribution is 0.00578. The number of ether oxygens (including phenoxy) is 2. The molecule has 0 spiro atoms. The average molecular weight is 318 g/mol. The molecule has 0 amide bonds. The van der Waals surface area contributed by atoms with Crippen LogP contribution in [0.3, 0.4) is 0 Å². The average Bonchev–Trinajstić information content (AvgIpc) is 2.70. The molecule has 23 heavy (non-hydrogen) atoms. The van der Waals surface area contributed by atoms with Gasteiger partial charge in [-0.3, -0.25) is 0 Å². The molecule has 1 aromatic carbocycles. The van der Waals surface area contributed by atoms with Crippen LogP contribution in [0.25, 0.3) is 0 Å². The summed E-state index contributed by atoms with van der Waals surface area (Å²) >= 11 is 0. The summed E-state index contributed by atoms with van der Waals surface area (Å²) in [5, 5.41) is 0. The summed E-state index contributed by atoms with van der Waals surface area (Å²) in [4.78, 5) is 0. The van der Waals surface area contributed by atoms with Crippen LogP contribution in [0.2, 0.25) is 0 Å². The van der Waals surface area contributed by atoms with Gasteiger partial charge in [-0.15, -0.1) is 0 Å². The van der Waals surface area contributed by atoms with Gasteiger partial charge < -0.3 is 18.8 Å². The molecule has 3 rings (SSSR count). The fourth-order valence-corrected chi connectivity index (χ4v) is 2.90. The van der Waals surface area contributed by atoms with E-state index in [4.69, 9.17) is 18.8 Å². The highest BCUT2D eigenvalue weighted by Crippen LogP contribution is 2.37. The number of hydrogen-bond acceptors (Lipinski definition) is 4. The van der Waals surface area contributed by atoms with E-state index in [1.807, 2.05) is 6.07 Å². The topological polar surface area (TPSA) is 36.9 Å². The summed E-state index contributed by atoms with van der Waals surface area (Å²) < 4.78 is 23.9. The fraction of sp³-hybridized carbons (Fsp3) is 0.667. The Bertz CT molecular complexity index is 548. The molecule has 5 heteroatoms. The predicted octanol–water partition coefficient (Wildman–Crippen LogP) is 2.85. The number of benzene rings is 1. The van der Waals surface area contributed by atoms with Gasteiger partial charge in [-0.25, -0.2) is 0 Å². The molecule has 0 radical (unpaired) electrons. The minimum atomic E-state index is -0.349. The lowest BCUT2D eigenvalue weighted by atomic mass is 9.76. The van der Waals surface area contributed by atoms with Crippen molar-refractivity contribution in [3.05, 3.63) is 23.8 Å². The molecular weight excluding hydrogens is 291 g/mol. The number of hydrogen-bond donors (Lipinski definition) is 0. The quantitative estimate of drug-likeness (QED) is 0.803. The maximum absolute atomic E-state index is 6.18. The van der Waals surface area contributed by atoms with Gasteiger partial charge in [0.2, 0.25) is 0 Å². The monoisotopic (exact) mass is 318 g/mol. The first-order valence-electron chi connectivity index (χ1n) is 8.49. The van der Waals surface area contributed by atoms with E-state index in [9.17, 15) is 0 Å². The molecular formula is C18H27BO4. The van der Waals surface area contributed by atoms with Gasteiger partial charge in [0, 0.05) is 12.8 Å². The van der Waals surface area contributed by atoms with Crippen molar-refractivity contribution in [1.29, 1.82) is 0 Å². The molecule has 2 fully saturated rings. The van der Waals surface area contributed by atoms with Crippen LogP contribution in [0, 0.1) is 6.92 Å². The Labute approximate surface area is 139 Å². The van der Waals surface area contributed by atoms with Crippen molar-refractivity contribution in [2.24, 2.45) is 0 Å². The van der Waals surface area contributed by atoms with E-state index in [1.165, 1.54) is 0 Å². The molecule has 0 N–H and O–H groups in total. The lowest BCUT2D eigenvalue weighted by Gasteiger charge is -2.32. The van der Waals surface area contributed by atoms with Crippen molar-refractivity contribution < 1.29 is 18.8 Å². The van der Waals surface area contributed by atoms with Gasteiger partial charge in [-0.2, -0.15) is 0 Å². The zero-order valence-corrected chi connectivity index (χ0v) is 14.8. The highest BCUT2D eigenvalue weighted by atomic mass is 16.7. The van der Waals surface area contributed by atoms with E-state index in [-0.39, 0.29) is 24.4 Å². The highest BCUT2D eigenvalue weighted by molar-refractivity contribution is 6.62. The van der Waals surface area contributed by atoms with Gasteiger partial charge in [-0.05, 0) is 52.2 Å². The van der Waals surface area contributed by atoms with Crippen molar-refractivity contribution in [2.45, 2.75) is 64.8 Å². The molecule has 0 atom stereocenters. The van der Waals surface area contributed by atoms with Crippen LogP contribution in [0.4, 0.5) is 0 Å². The second-order valence-electron chi connectivity index (χ2n) is 7.54. The fourth-order valence-electron chi connectivity index (χ4n) is 2.90. The first kappa shape index (κ1) is 16.8. The van der Waals surface area contributed by atoms with Crippen molar-refractivity contribution in [2.75, 3.05) is 13.2 Å². The van der Waals surface area contributed by atoms with E-state index in [0.717, 1.165) is 42.8 Å². The Kier molecular flexibility index (Phi) is 4.47. The van der Waals surface area contributed by atoms with Gasteiger partial charge in [0.25, 0.3) is 0 Å². The largest absolute Gasteiger partial charge is 0.495 e. The molecule has 2 saturated heterocycles. The smallest absolute Gasteiger partial charge is 0.490 e. The molecule has 0 aromatic heterocycles. The number of rotatable bonds is 3. The van der Waals surface area contributed by atoms with Gasteiger partial charge in [0.1, 0.15) is 11.9 Å². The predicted molar refractivity (Wildman–Crippen MR) is 91.4 cm³/mol. The Morgan fingerprint density at radius 3 is 2.26 bits per heavy atom. The molecule has 0 unspecified atom stereocenters. The molecule has 2 heterocycles. The van der Waals surface area contributed by atoms with E-state index in [1.54, 1.807) is 0 Å². The molecule has 0 aliphatic carbocycles. The van der Waals surface area contributed by atoms with Gasteiger partial charge in [-0.1, -0.05) is 11.6 Å². The third kappa shape index (κ3) is 3.42. The summed E-state index contributed by atoms with van der Waals surface area (Å²) in [6.07, 6.45) is 2.12. The standard InChI is InChI=1S/C18H27BO4/c1-13-6-7-15(21-14-8-10-20-11-9-14)12-16(13)19-22-17(2,3)18(4,5)23-19/h6-7,12,14H,8-11H2,1-5H3. The van der Waals surface area contributed by atoms with Gasteiger partial charge in [0.15, 0.2) is 0 Å². The summed E-state index contributed by atoms with van der Waals surface area (Å²) in [7, 11) is -0.349. The first-order chi connectivity index (χ1) is 10.8. The van der Waals surface area contributed by atoms with Crippen LogP contribution in [0.15, 0.2) is 18.2 Å². The Morgan fingerprint density at radius 2 is 1.65 bits per heavy atom. The molecule has 0 bridgehead atoms. The van der Waals surface area contributed by atoms with Crippen LogP contribution < -0.4 is 10.2 Å². The molecule has 126 valence electrons. The van der Waals surface area contributed by atoms with Crippen LogP contribution in [0.5, 0.6) is 5.75 Å². The summed E-state index contributed by atoms with van der Waals surface area (Å²) in [6, 6.07) is 6.17. The zero-order chi connectivity index (χ0) is 16.7. The van der Waals surface area contributed by atoms with Crippen molar-refractivity contribution in [1.82, 2.24) is 0 Å². The van der Waals surface area contributed by atoms with Crippen LogP contribution >= 0.6 is 0 Å². The molecule has 1 aromatic rings. The molecule has 2 aliphatic heterocycles. The van der Waals surface area contributed by atoms with Crippen molar-refractivity contribution in [3.63, 3.8) is 0 Å². The Morgan fingerprint density at radius 1 is 1.04 bits per heavy atom. The van der Waals surface area contributed by atoms with E-state index >= 15 is 0 Å². The van der Waals surface area contributed by atoms with Crippen LogP contribution in [0.1, 0.15) is 46.1 Å². The highest BCUT2D eigenvalue weighted by Gasteiger charge is 2.52. The normalized spacial score (nSPS) is 24.0. The maximum atomic E-state index is 6.18. The third-order valence-corrected chi connectivity index (χ3v) is 5.23. The van der Waals surface area contributed by atoms with Crippen molar-refractivity contribution in [3.8, 4) is 5.75 Å². The minimum absolute atomic E-state index is 0.234. The second-order valence-corrected chi connectivity index (χ2v) is 7.54. The van der Waals surface area contributed by atoms with E-state index in [2.05, 4.69) is 46.8 Å². The zero-order valence-electron chi connectivity index (χ0n) is 14.8. The summed E-state index contributed by atoms with van der Waals surface area (Å²) in [5.41, 5.74) is 1.54. The Hall–Kier alpha value is -1.04. The summed E-state index contributed by atoms with van der Waals surface area (Å²) in [5.74, 6) is 0.882. The number of aryl methyl sites for hydroxylation is 1. The SMILES string of the molecule is Cc1ccc(OC2CCOCC2)cc1B1OC(C)(C)C(C)(C)O1. The lowest BCUT2D eigenvalue weighted by Crippen LogP contribution is -2.41. The minimum Gasteiger partial charge on any atom is -0.490 e. The summed E-state index contributed by atoms with van der Waals surface area (Å²) in [6.45, 7) is 11.9. The van der Waals surface area contributed by atoms with Gasteiger partial charge in [0.05, 0.1) is 24.4 Å². The first-order valence-corrected chi connectivity index (χ1v) is 8.49. The second kappa shape index (κ2) is 6.12. The molecule has 2 aliphatic rings. The molecule has 4 nitrogen and oxygen atoms in total. The van der Waals surface area contributed by atoms with Gasteiger partial charge >= 0.3 is 7.12 Å². The molecule has 0 saturated carbocycles. The Balaban J connectivity index is 1.78. The van der Waals surface area contributed by atoms with Crippen LogP contribution in [-0.4, -0.2) is 37.6 Å². The van der Waals surface area contributed by atoms with Crippen molar-refractivity contribution >= 4 is 12.6 Å². The maximum Gasteiger partial charge on any atom is 0.495 e. The van der Waals surface area contributed by atoms with E-state index < -0.39 is 0 Å². The third-order valence-electron chi connectivity index (χ3n) is 5.23. The van der Waals surface area contributed by atoms with Crippen LogP contribution in [-0.2, 0) is 14.0 Å².